The summed E-state index contributed by atoms with van der Waals surface area (Å²) < 4.78 is 9.42. The molecule has 2 aliphatic rings. The van der Waals surface area contributed by atoms with E-state index >= 15 is 0 Å². The Labute approximate surface area is 86.8 Å². The summed E-state index contributed by atoms with van der Waals surface area (Å²) >= 11 is 0. The Morgan fingerprint density at radius 1 is 1.21 bits per heavy atom. The molecule has 0 aromatic rings. The largest absolute Gasteiger partial charge is 0.394 e. The van der Waals surface area contributed by atoms with Gasteiger partial charge in [-0.15, -0.1) is 0 Å². The minimum atomic E-state index is -0.560. The summed E-state index contributed by atoms with van der Waals surface area (Å²) in [6.07, 6.45) is 0.606. The molecule has 0 aromatic carbocycles. The van der Waals surface area contributed by atoms with Crippen LogP contribution < -0.4 is 0 Å². The molecule has 0 aliphatic carbocycles. The van der Waals surface area contributed by atoms with E-state index in [-0.39, 0.29) is 14.0 Å². The van der Waals surface area contributed by atoms with E-state index in [1.54, 1.807) is 0 Å². The van der Waals surface area contributed by atoms with Crippen LogP contribution in [0, 0.1) is 0 Å². The van der Waals surface area contributed by atoms with E-state index < -0.39 is 6.10 Å². The highest BCUT2D eigenvalue weighted by Crippen LogP contribution is 2.04. The van der Waals surface area contributed by atoms with E-state index in [1.807, 2.05) is 0 Å². The lowest BCUT2D eigenvalue weighted by Gasteiger charge is -1.90. The second-order valence-electron chi connectivity index (χ2n) is 3.32. The zero-order valence-electron chi connectivity index (χ0n) is 8.56. The minimum Gasteiger partial charge on any atom is -0.394 e. The highest BCUT2D eigenvalue weighted by molar-refractivity contribution is 4.58. The van der Waals surface area contributed by atoms with Crippen LogP contribution in [0.5, 0.6) is 0 Å². The lowest BCUT2D eigenvalue weighted by molar-refractivity contribution is 0.110. The minimum absolute atomic E-state index is 0. The van der Waals surface area contributed by atoms with Gasteiger partial charge in [0, 0.05) is 0 Å². The number of aliphatic hydroxyl groups is 2. The number of hydrogen-bond acceptors (Lipinski definition) is 4. The zero-order valence-corrected chi connectivity index (χ0v) is 8.56. The first kappa shape index (κ1) is 16.3. The molecule has 2 saturated heterocycles. The van der Waals surface area contributed by atoms with Gasteiger partial charge >= 0.3 is 0 Å². The van der Waals surface area contributed by atoms with Gasteiger partial charge in [-0.25, -0.2) is 0 Å². The monoisotopic (exact) mass is 208 g/mol. The maximum atomic E-state index is 8.11. The van der Waals surface area contributed by atoms with Gasteiger partial charge in [-0.2, -0.15) is 0 Å². The Balaban J connectivity index is 0. The van der Waals surface area contributed by atoms with Crippen LogP contribution in [0.3, 0.4) is 0 Å². The molecule has 14 heavy (non-hydrogen) atoms. The Kier molecular flexibility index (Phi) is 10.9. The highest BCUT2D eigenvalue weighted by atomic mass is 16.6. The van der Waals surface area contributed by atoms with Crippen LogP contribution in [0.4, 0.5) is 0 Å². The van der Waals surface area contributed by atoms with Gasteiger partial charge in [0.1, 0.15) is 0 Å². The van der Waals surface area contributed by atoms with Gasteiger partial charge in [-0.1, -0.05) is 7.43 Å². The third kappa shape index (κ3) is 22.6. The summed E-state index contributed by atoms with van der Waals surface area (Å²) in [6, 6.07) is 0. The molecule has 3 atom stereocenters. The quantitative estimate of drug-likeness (QED) is 0.626. The van der Waals surface area contributed by atoms with Crippen LogP contribution in [0.2, 0.25) is 0 Å². The van der Waals surface area contributed by atoms with Crippen LogP contribution in [0.25, 0.3) is 0 Å². The molecule has 0 aromatic heterocycles. The van der Waals surface area contributed by atoms with Gasteiger partial charge in [0.2, 0.25) is 0 Å². The fraction of sp³-hybridized carbons (Fsp3) is 1.00. The molecule has 2 rings (SSSR count). The summed E-state index contributed by atoms with van der Waals surface area (Å²) in [6.45, 7) is 7.47. The van der Waals surface area contributed by atoms with Crippen LogP contribution >= 0.6 is 0 Å². The van der Waals surface area contributed by atoms with Gasteiger partial charge in [0.15, 0.2) is 0 Å². The van der Waals surface area contributed by atoms with Gasteiger partial charge in [0.05, 0.1) is 38.1 Å². The van der Waals surface area contributed by atoms with Crippen molar-refractivity contribution in [3.8, 4) is 0 Å². The van der Waals surface area contributed by atoms with Gasteiger partial charge in [-0.05, 0) is 20.8 Å². The molecule has 0 radical (unpaired) electrons. The fourth-order valence-electron chi connectivity index (χ4n) is 0.192. The van der Waals surface area contributed by atoms with E-state index in [1.165, 1.54) is 6.92 Å². The Morgan fingerprint density at radius 3 is 1.36 bits per heavy atom. The Bertz CT molecular complexity index is 98.7. The predicted molar refractivity (Wildman–Crippen MR) is 56.3 cm³/mol. The zero-order chi connectivity index (χ0) is 10.3. The second kappa shape index (κ2) is 9.40. The topological polar surface area (TPSA) is 65.5 Å². The molecule has 4 nitrogen and oxygen atoms in total. The normalized spacial score (nSPS) is 28.1. The number of ether oxygens (including phenoxy) is 2. The number of aliphatic hydroxyl groups excluding tert-OH is 2. The SMILES string of the molecule is C.CC(O)CO.CC1CO1.CC1CO1. The van der Waals surface area contributed by atoms with Gasteiger partial charge < -0.3 is 19.7 Å². The van der Waals surface area contributed by atoms with E-state index in [0.717, 1.165) is 13.2 Å². The molecule has 0 spiro atoms. The molecular weight excluding hydrogens is 184 g/mol. The molecule has 4 heteroatoms. The van der Waals surface area contributed by atoms with Crippen molar-refractivity contribution in [2.24, 2.45) is 0 Å². The number of rotatable bonds is 1. The van der Waals surface area contributed by atoms with E-state index in [0.29, 0.717) is 12.2 Å². The van der Waals surface area contributed by atoms with Crippen LogP contribution in [0.1, 0.15) is 28.2 Å². The van der Waals surface area contributed by atoms with Gasteiger partial charge in [-0.3, -0.25) is 0 Å². The van der Waals surface area contributed by atoms with Crippen LogP contribution in [-0.4, -0.2) is 48.3 Å². The summed E-state index contributed by atoms with van der Waals surface area (Å²) in [7, 11) is 0. The van der Waals surface area contributed by atoms with Crippen molar-refractivity contribution in [2.75, 3.05) is 19.8 Å². The van der Waals surface area contributed by atoms with E-state index in [9.17, 15) is 0 Å². The summed E-state index contributed by atoms with van der Waals surface area (Å²) in [5, 5.41) is 16.0. The van der Waals surface area contributed by atoms with Crippen molar-refractivity contribution in [1.29, 1.82) is 0 Å². The summed E-state index contributed by atoms with van der Waals surface area (Å²) in [5.41, 5.74) is 0. The Morgan fingerprint density at radius 2 is 1.36 bits per heavy atom. The van der Waals surface area contributed by atoms with Crippen molar-refractivity contribution in [2.45, 2.75) is 46.5 Å². The van der Waals surface area contributed by atoms with Crippen molar-refractivity contribution in [3.63, 3.8) is 0 Å². The third-order valence-electron chi connectivity index (χ3n) is 1.26. The molecule has 2 heterocycles. The average Bonchev–Trinajstić information content (AvgIpc) is 2.94. The number of hydrogen-bond donors (Lipinski definition) is 2. The van der Waals surface area contributed by atoms with Crippen molar-refractivity contribution in [1.82, 2.24) is 0 Å². The first-order valence-corrected chi connectivity index (χ1v) is 4.58. The molecule has 2 N–H and O–H groups in total. The predicted octanol–water partition coefficient (Wildman–Crippen LogP) is 0.806. The first-order valence-electron chi connectivity index (χ1n) is 4.58. The van der Waals surface area contributed by atoms with Crippen LogP contribution in [-0.2, 0) is 9.47 Å². The fourth-order valence-corrected chi connectivity index (χ4v) is 0.192. The van der Waals surface area contributed by atoms with E-state index in [2.05, 4.69) is 13.8 Å². The second-order valence-corrected chi connectivity index (χ2v) is 3.32. The first-order chi connectivity index (χ1) is 6.06. The highest BCUT2D eigenvalue weighted by Gasteiger charge is 2.13. The third-order valence-corrected chi connectivity index (χ3v) is 1.26. The van der Waals surface area contributed by atoms with Gasteiger partial charge in [0.25, 0.3) is 0 Å². The van der Waals surface area contributed by atoms with Crippen LogP contribution in [0.15, 0.2) is 0 Å². The Hall–Kier alpha value is -0.160. The maximum absolute atomic E-state index is 8.11. The van der Waals surface area contributed by atoms with Crippen molar-refractivity contribution < 1.29 is 19.7 Å². The van der Waals surface area contributed by atoms with Crippen molar-refractivity contribution in [3.05, 3.63) is 0 Å². The lowest BCUT2D eigenvalue weighted by atomic mass is 10.5. The number of epoxide rings is 2. The molecule has 2 aliphatic heterocycles. The molecule has 88 valence electrons. The molecule has 3 unspecified atom stereocenters. The molecule has 2 fully saturated rings. The molecular formula is C10H24O4. The summed E-state index contributed by atoms with van der Waals surface area (Å²) in [4.78, 5) is 0. The molecule has 0 bridgehead atoms. The average molecular weight is 208 g/mol. The smallest absolute Gasteiger partial charge is 0.0781 e. The lowest BCUT2D eigenvalue weighted by Crippen LogP contribution is -2.03. The molecule has 0 amide bonds. The maximum Gasteiger partial charge on any atom is 0.0781 e. The van der Waals surface area contributed by atoms with E-state index in [4.69, 9.17) is 19.7 Å². The standard InChI is InChI=1S/C3H8O2.2C3H6O.CH4/c1-3(5)2-4;2*1-3-2-4-3;/h3-5H,2H2,1H3;2*3H,2H2,1H3;1H4. The van der Waals surface area contributed by atoms with Crippen molar-refractivity contribution >= 4 is 0 Å². The molecule has 0 saturated carbocycles. The summed E-state index contributed by atoms with van der Waals surface area (Å²) in [5.74, 6) is 0.